The fourth-order valence-corrected chi connectivity index (χ4v) is 12.0. The molecule has 0 N–H and O–H groups in total. The highest BCUT2D eigenvalue weighted by molar-refractivity contribution is 6.10. The third kappa shape index (κ3) is 10.5. The number of anilines is 4. The average molecular weight is 1070 g/mol. The summed E-state index contributed by atoms with van der Waals surface area (Å²) in [7, 11) is 0. The van der Waals surface area contributed by atoms with Crippen molar-refractivity contribution in [3.8, 4) is 28.4 Å². The Hall–Kier alpha value is -7.89. The van der Waals surface area contributed by atoms with Crippen molar-refractivity contribution >= 4 is 44.6 Å². The zero-order valence-electron chi connectivity index (χ0n) is 50.9. The van der Waals surface area contributed by atoms with Gasteiger partial charge in [-0.15, -0.1) is 0 Å². The molecule has 412 valence electrons. The van der Waals surface area contributed by atoms with Gasteiger partial charge in [-0.3, -0.25) is 4.57 Å². The first kappa shape index (κ1) is 55.0. The molecule has 10 aromatic rings. The van der Waals surface area contributed by atoms with E-state index in [9.17, 15) is 0 Å². The molecule has 1 aliphatic heterocycles. The van der Waals surface area contributed by atoms with Crippen molar-refractivity contribution in [1.29, 1.82) is 0 Å². The van der Waals surface area contributed by atoms with Crippen molar-refractivity contribution in [3.05, 3.63) is 239 Å². The van der Waals surface area contributed by atoms with Gasteiger partial charge in [0.25, 0.3) is 0 Å². The lowest BCUT2D eigenvalue weighted by Crippen LogP contribution is -2.26. The summed E-state index contributed by atoms with van der Waals surface area (Å²) in [4.78, 5) is 10.1. The summed E-state index contributed by atoms with van der Waals surface area (Å²) in [5.41, 5.74) is 18.4. The lowest BCUT2D eigenvalue weighted by atomic mass is 9.74. The molecule has 3 heterocycles. The summed E-state index contributed by atoms with van der Waals surface area (Å²) in [6, 6.07) is 69.8. The van der Waals surface area contributed by atoms with E-state index >= 15 is 0 Å². The molecule has 0 amide bonds. The van der Waals surface area contributed by atoms with Crippen LogP contribution >= 0.6 is 0 Å². The Balaban J connectivity index is 1.12. The van der Waals surface area contributed by atoms with Crippen LogP contribution in [0.5, 0.6) is 11.5 Å². The molecule has 0 saturated carbocycles. The predicted octanol–water partition coefficient (Wildman–Crippen LogP) is 20.7. The van der Waals surface area contributed by atoms with E-state index in [1.807, 2.05) is 6.20 Å². The number of rotatable bonds is 10. The highest BCUT2D eigenvalue weighted by atomic mass is 16.5. The van der Waals surface area contributed by atoms with Crippen molar-refractivity contribution in [2.45, 2.75) is 143 Å². The number of pyridine rings is 1. The Morgan fingerprint density at radius 2 is 0.877 bits per heavy atom. The van der Waals surface area contributed by atoms with E-state index in [0.717, 1.165) is 50.7 Å². The Labute approximate surface area is 483 Å². The molecular formula is C76H82N4O. The molecule has 5 heteroatoms. The molecule has 0 fully saturated rings. The van der Waals surface area contributed by atoms with Gasteiger partial charge in [-0.1, -0.05) is 214 Å². The van der Waals surface area contributed by atoms with Gasteiger partial charge >= 0.3 is 0 Å². The maximum absolute atomic E-state index is 7.33. The SMILES string of the molecule is CC(C)(C)c1ccnc(-n2c3ccc(C(C)(C)C)cc3c3ccc(Oc4cc(N5CN(c6cc(-c7ccccc7)cc(C(C)(C)c7ccccc7)c6)c6cc(C(C)(C)C)c(C(C)(C)C)cc65)cc(C(C)(C)c5ccccc5)c4)cc32)c1. The molecule has 5 nitrogen and oxygen atoms in total. The third-order valence-electron chi connectivity index (χ3n) is 17.2. The Bertz CT molecular complexity index is 3970. The zero-order valence-corrected chi connectivity index (χ0v) is 50.9. The zero-order chi connectivity index (χ0) is 57.6. The van der Waals surface area contributed by atoms with Gasteiger partial charge in [0.1, 0.15) is 24.0 Å². The van der Waals surface area contributed by atoms with Crippen LogP contribution in [0.3, 0.4) is 0 Å². The minimum Gasteiger partial charge on any atom is -0.457 e. The van der Waals surface area contributed by atoms with E-state index < -0.39 is 0 Å². The number of hydrogen-bond acceptors (Lipinski definition) is 4. The minimum absolute atomic E-state index is 0.0170. The number of benzene rings is 8. The van der Waals surface area contributed by atoms with Crippen LogP contribution < -0.4 is 14.5 Å². The van der Waals surface area contributed by atoms with E-state index in [4.69, 9.17) is 9.72 Å². The minimum atomic E-state index is -0.378. The number of aromatic nitrogens is 2. The molecule has 0 aliphatic carbocycles. The Morgan fingerprint density at radius 3 is 1.42 bits per heavy atom. The quantitative estimate of drug-likeness (QED) is 0.137. The Morgan fingerprint density at radius 1 is 0.358 bits per heavy atom. The van der Waals surface area contributed by atoms with Crippen molar-refractivity contribution < 1.29 is 4.74 Å². The third-order valence-corrected chi connectivity index (χ3v) is 17.2. The maximum atomic E-state index is 7.33. The van der Waals surface area contributed by atoms with Crippen LogP contribution in [0.15, 0.2) is 194 Å². The van der Waals surface area contributed by atoms with Crippen LogP contribution in [0.25, 0.3) is 38.8 Å². The van der Waals surface area contributed by atoms with E-state index in [2.05, 4.69) is 313 Å². The standard InChI is InChI=1S/C76H82N4O/c1-71(2,3)54-32-35-66-63(43-54)62-34-33-60(46-67(62)80(66)70-44-55(36-37-77-70)72(4,5)6)81-61-42-57(76(15,16)53-30-24-19-25-31-53)41-59(45-61)79-49-78(68-47-64(73(7,8)9)65(48-69(68)79)74(10,11)12)58-39-51(50-26-20-17-21-27-50)38-56(40-58)75(13,14)52-28-22-18-23-29-52/h17-48H,49H2,1-16H3. The van der Waals surface area contributed by atoms with Gasteiger partial charge in [-0.25, -0.2) is 4.98 Å². The first-order valence-electron chi connectivity index (χ1n) is 29.1. The second-order valence-corrected chi connectivity index (χ2v) is 28.0. The van der Waals surface area contributed by atoms with Gasteiger partial charge in [0.2, 0.25) is 0 Å². The number of ether oxygens (including phenoxy) is 1. The molecule has 0 bridgehead atoms. The fraction of sp³-hybridized carbons (Fsp3) is 0.303. The van der Waals surface area contributed by atoms with Gasteiger partial charge < -0.3 is 14.5 Å². The Kier molecular flexibility index (Phi) is 13.6. The maximum Gasteiger partial charge on any atom is 0.137 e. The van der Waals surface area contributed by atoms with E-state index in [1.54, 1.807) is 0 Å². The normalized spacial score (nSPS) is 13.6. The topological polar surface area (TPSA) is 33.5 Å². The fourth-order valence-electron chi connectivity index (χ4n) is 12.0. The number of nitrogens with zero attached hydrogens (tertiary/aromatic N) is 4. The molecule has 0 spiro atoms. The first-order valence-corrected chi connectivity index (χ1v) is 29.1. The monoisotopic (exact) mass is 1070 g/mol. The summed E-state index contributed by atoms with van der Waals surface area (Å²) in [5, 5.41) is 2.36. The van der Waals surface area contributed by atoms with Crippen molar-refractivity contribution in [2.75, 3.05) is 16.5 Å². The smallest absolute Gasteiger partial charge is 0.137 e. The largest absolute Gasteiger partial charge is 0.457 e. The summed E-state index contributed by atoms with van der Waals surface area (Å²) in [6.07, 6.45) is 1.95. The molecule has 2 aromatic heterocycles. The molecular weight excluding hydrogens is 985 g/mol. The van der Waals surface area contributed by atoms with Gasteiger partial charge in [-0.05, 0) is 150 Å². The lowest BCUT2D eigenvalue weighted by Gasteiger charge is -2.32. The summed E-state index contributed by atoms with van der Waals surface area (Å²) in [5.74, 6) is 2.43. The van der Waals surface area contributed by atoms with Crippen LogP contribution in [0.2, 0.25) is 0 Å². The summed E-state index contributed by atoms with van der Waals surface area (Å²) < 4.78 is 9.65. The number of hydrogen-bond donors (Lipinski definition) is 0. The highest BCUT2D eigenvalue weighted by Crippen LogP contribution is 2.52. The van der Waals surface area contributed by atoms with Gasteiger partial charge in [0.05, 0.1) is 22.4 Å². The van der Waals surface area contributed by atoms with Crippen molar-refractivity contribution in [2.24, 2.45) is 0 Å². The van der Waals surface area contributed by atoms with Crippen molar-refractivity contribution in [1.82, 2.24) is 9.55 Å². The molecule has 0 atom stereocenters. The van der Waals surface area contributed by atoms with Gasteiger partial charge in [0, 0.05) is 51.3 Å². The van der Waals surface area contributed by atoms with E-state index in [0.29, 0.717) is 6.67 Å². The highest BCUT2D eigenvalue weighted by Gasteiger charge is 2.37. The molecule has 11 rings (SSSR count). The van der Waals surface area contributed by atoms with Gasteiger partial charge in [0.15, 0.2) is 0 Å². The van der Waals surface area contributed by atoms with Gasteiger partial charge in [-0.2, -0.15) is 0 Å². The average Bonchev–Trinajstić information content (AvgIpc) is 4.06. The van der Waals surface area contributed by atoms with Crippen LogP contribution in [-0.2, 0) is 32.5 Å². The predicted molar refractivity (Wildman–Crippen MR) is 344 cm³/mol. The molecule has 1 aliphatic rings. The first-order chi connectivity index (χ1) is 38.2. The van der Waals surface area contributed by atoms with Crippen LogP contribution in [0, 0.1) is 0 Å². The van der Waals surface area contributed by atoms with Crippen LogP contribution in [0.4, 0.5) is 22.7 Å². The summed E-state index contributed by atoms with van der Waals surface area (Å²) in [6.45, 7) is 37.8. The molecule has 0 unspecified atom stereocenters. The van der Waals surface area contributed by atoms with Crippen LogP contribution in [0.1, 0.15) is 155 Å². The molecule has 0 saturated heterocycles. The lowest BCUT2D eigenvalue weighted by molar-refractivity contribution is 0.480. The van der Waals surface area contributed by atoms with E-state index in [-0.39, 0.29) is 32.5 Å². The molecule has 8 aromatic carbocycles. The van der Waals surface area contributed by atoms with E-state index in [1.165, 1.54) is 66.8 Å². The second-order valence-electron chi connectivity index (χ2n) is 28.0. The number of fused-ring (bicyclic) bond motifs is 4. The van der Waals surface area contributed by atoms with Crippen molar-refractivity contribution in [3.63, 3.8) is 0 Å². The molecule has 0 radical (unpaired) electrons. The second kappa shape index (κ2) is 20.0. The van der Waals surface area contributed by atoms with Crippen LogP contribution in [-0.4, -0.2) is 16.2 Å². The molecule has 81 heavy (non-hydrogen) atoms. The summed E-state index contributed by atoms with van der Waals surface area (Å²) >= 11 is 0.